The Kier molecular flexibility index (Phi) is 6.89. The van der Waals surface area contributed by atoms with Crippen molar-refractivity contribution in [2.24, 2.45) is 4.99 Å². The zero-order valence-corrected chi connectivity index (χ0v) is 17.2. The van der Waals surface area contributed by atoms with Crippen LogP contribution in [0.15, 0.2) is 4.99 Å². The summed E-state index contributed by atoms with van der Waals surface area (Å²) >= 11 is 1.87. The maximum Gasteiger partial charge on any atom is 0.194 e. The smallest absolute Gasteiger partial charge is 0.194 e. The second-order valence-corrected chi connectivity index (χ2v) is 8.38. The number of guanidine groups is 1. The molecular formula is C19H32N4O2S. The van der Waals surface area contributed by atoms with Crippen LogP contribution < -0.4 is 5.32 Å². The van der Waals surface area contributed by atoms with Crippen molar-refractivity contribution >= 4 is 17.3 Å². The number of aryl methyl sites for hydroxylation is 2. The van der Waals surface area contributed by atoms with Gasteiger partial charge in [0, 0.05) is 51.6 Å². The predicted molar refractivity (Wildman–Crippen MR) is 106 cm³/mol. The highest BCUT2D eigenvalue weighted by atomic mass is 32.1. The molecule has 2 heterocycles. The number of rotatable bonds is 6. The summed E-state index contributed by atoms with van der Waals surface area (Å²) in [7, 11) is 3.88. The van der Waals surface area contributed by atoms with E-state index in [2.05, 4.69) is 24.2 Å². The van der Waals surface area contributed by atoms with Gasteiger partial charge < -0.3 is 19.7 Å². The van der Waals surface area contributed by atoms with Crippen molar-refractivity contribution in [3.63, 3.8) is 0 Å². The van der Waals surface area contributed by atoms with Crippen LogP contribution in [-0.4, -0.2) is 61.9 Å². The Bertz CT molecular complexity index is 587. The fraction of sp³-hybridized carbons (Fsp3) is 0.789. The van der Waals surface area contributed by atoms with Crippen molar-refractivity contribution in [2.45, 2.75) is 57.6 Å². The van der Waals surface area contributed by atoms with E-state index in [1.54, 1.807) is 7.11 Å². The summed E-state index contributed by atoms with van der Waals surface area (Å²) in [5, 5.41) is 4.60. The standard InChI is InChI=1S/C19H32N4O2S/c1-4-20-18(21-14-19(24-3)9-11-25-12-10-19)23(2)13-17-22-15-7-5-6-8-16(15)26-17/h4-14H2,1-3H3,(H,20,21). The Morgan fingerprint density at radius 1 is 1.35 bits per heavy atom. The molecule has 1 aromatic rings. The molecule has 1 saturated heterocycles. The molecule has 0 unspecified atom stereocenters. The minimum Gasteiger partial charge on any atom is -0.381 e. The van der Waals surface area contributed by atoms with Gasteiger partial charge in [-0.1, -0.05) is 0 Å². The third-order valence-corrected chi connectivity index (χ3v) is 6.46. The van der Waals surface area contributed by atoms with Crippen molar-refractivity contribution < 1.29 is 9.47 Å². The van der Waals surface area contributed by atoms with E-state index in [-0.39, 0.29) is 5.60 Å². The Balaban J connectivity index is 1.66. The minimum absolute atomic E-state index is 0.194. The third-order valence-electron chi connectivity index (χ3n) is 5.31. The lowest BCUT2D eigenvalue weighted by atomic mass is 9.94. The van der Waals surface area contributed by atoms with Crippen LogP contribution in [0.3, 0.4) is 0 Å². The molecule has 0 aromatic carbocycles. The van der Waals surface area contributed by atoms with Gasteiger partial charge in [-0.05, 0) is 32.6 Å². The number of aromatic nitrogens is 1. The van der Waals surface area contributed by atoms with Crippen LogP contribution in [0, 0.1) is 0 Å². The van der Waals surface area contributed by atoms with Crippen molar-refractivity contribution in [1.82, 2.24) is 15.2 Å². The van der Waals surface area contributed by atoms with Gasteiger partial charge in [0.1, 0.15) is 5.01 Å². The lowest BCUT2D eigenvalue weighted by Gasteiger charge is -2.35. The topological polar surface area (TPSA) is 59.0 Å². The first kappa shape index (κ1) is 19.6. The molecule has 1 N–H and O–H groups in total. The molecule has 0 atom stereocenters. The molecule has 2 aliphatic rings. The number of thiazole rings is 1. The number of nitrogens with zero attached hydrogens (tertiary/aromatic N) is 3. The van der Waals surface area contributed by atoms with Crippen molar-refractivity contribution in [2.75, 3.05) is 40.5 Å². The molecule has 26 heavy (non-hydrogen) atoms. The molecule has 0 amide bonds. The van der Waals surface area contributed by atoms with Gasteiger partial charge in [0.05, 0.1) is 24.4 Å². The Labute approximate surface area is 161 Å². The average Bonchev–Trinajstić information content (AvgIpc) is 3.08. The maximum atomic E-state index is 5.82. The average molecular weight is 381 g/mol. The number of aliphatic imine (C=N–C) groups is 1. The molecule has 1 fully saturated rings. The van der Waals surface area contributed by atoms with Gasteiger partial charge in [-0.3, -0.25) is 4.99 Å². The van der Waals surface area contributed by atoms with E-state index >= 15 is 0 Å². The quantitative estimate of drug-likeness (QED) is 0.607. The number of nitrogens with one attached hydrogen (secondary N) is 1. The first-order chi connectivity index (χ1) is 12.7. The second-order valence-electron chi connectivity index (χ2n) is 7.21. The number of methoxy groups -OCH3 is 1. The fourth-order valence-corrected chi connectivity index (χ4v) is 4.82. The SMILES string of the molecule is CCNC(=NCC1(OC)CCOCC1)N(C)Cc1nc2c(s1)CCCC2. The van der Waals surface area contributed by atoms with Gasteiger partial charge in [-0.2, -0.15) is 0 Å². The zero-order chi connectivity index (χ0) is 18.4. The van der Waals surface area contributed by atoms with E-state index in [4.69, 9.17) is 19.5 Å². The van der Waals surface area contributed by atoms with Gasteiger partial charge in [-0.25, -0.2) is 4.98 Å². The normalized spacial score (nSPS) is 19.9. The molecule has 7 heteroatoms. The van der Waals surface area contributed by atoms with Gasteiger partial charge >= 0.3 is 0 Å². The van der Waals surface area contributed by atoms with Gasteiger partial charge in [0.25, 0.3) is 0 Å². The van der Waals surface area contributed by atoms with Crippen LogP contribution in [0.2, 0.25) is 0 Å². The van der Waals surface area contributed by atoms with E-state index in [1.165, 1.54) is 34.8 Å². The zero-order valence-electron chi connectivity index (χ0n) is 16.3. The van der Waals surface area contributed by atoms with Crippen molar-refractivity contribution in [3.05, 3.63) is 15.6 Å². The summed E-state index contributed by atoms with van der Waals surface area (Å²) in [5.74, 6) is 0.920. The van der Waals surface area contributed by atoms with Crippen LogP contribution in [0.4, 0.5) is 0 Å². The largest absolute Gasteiger partial charge is 0.381 e. The maximum absolute atomic E-state index is 5.82. The van der Waals surface area contributed by atoms with Crippen LogP contribution in [0.25, 0.3) is 0 Å². The van der Waals surface area contributed by atoms with Crippen LogP contribution >= 0.6 is 11.3 Å². The molecule has 0 bridgehead atoms. The minimum atomic E-state index is -0.194. The lowest BCUT2D eigenvalue weighted by molar-refractivity contribution is -0.0829. The highest BCUT2D eigenvalue weighted by molar-refractivity contribution is 7.11. The number of hydrogen-bond donors (Lipinski definition) is 1. The van der Waals surface area contributed by atoms with Crippen LogP contribution in [-0.2, 0) is 28.9 Å². The molecule has 1 aromatic heterocycles. The molecule has 0 saturated carbocycles. The predicted octanol–water partition coefficient (Wildman–Crippen LogP) is 2.61. The van der Waals surface area contributed by atoms with Gasteiger partial charge in [0.15, 0.2) is 5.96 Å². The third kappa shape index (κ3) is 4.75. The summed E-state index contributed by atoms with van der Waals surface area (Å²) in [6.07, 6.45) is 6.71. The lowest BCUT2D eigenvalue weighted by Crippen LogP contribution is -2.44. The monoisotopic (exact) mass is 380 g/mol. The van der Waals surface area contributed by atoms with Crippen LogP contribution in [0.1, 0.15) is 48.2 Å². The van der Waals surface area contributed by atoms with Crippen LogP contribution in [0.5, 0.6) is 0 Å². The second kappa shape index (κ2) is 9.15. The summed E-state index contributed by atoms with van der Waals surface area (Å²) in [6, 6.07) is 0. The first-order valence-electron chi connectivity index (χ1n) is 9.75. The molecule has 3 rings (SSSR count). The molecule has 0 spiro atoms. The first-order valence-corrected chi connectivity index (χ1v) is 10.6. The molecule has 1 aliphatic heterocycles. The number of hydrogen-bond acceptors (Lipinski definition) is 5. The number of fused-ring (bicyclic) bond motifs is 1. The Hall–Kier alpha value is -1.18. The molecule has 6 nitrogen and oxygen atoms in total. The molecule has 0 radical (unpaired) electrons. The highest BCUT2D eigenvalue weighted by Crippen LogP contribution is 2.27. The fourth-order valence-electron chi connectivity index (χ4n) is 3.61. The number of ether oxygens (including phenoxy) is 2. The van der Waals surface area contributed by atoms with E-state index in [0.717, 1.165) is 51.5 Å². The van der Waals surface area contributed by atoms with E-state index in [9.17, 15) is 0 Å². The van der Waals surface area contributed by atoms with Gasteiger partial charge in [0.2, 0.25) is 0 Å². The summed E-state index contributed by atoms with van der Waals surface area (Å²) < 4.78 is 11.3. The van der Waals surface area contributed by atoms with Crippen molar-refractivity contribution in [3.8, 4) is 0 Å². The molecule has 1 aliphatic carbocycles. The molecule has 146 valence electrons. The van der Waals surface area contributed by atoms with E-state index in [0.29, 0.717) is 6.54 Å². The molecular weight excluding hydrogens is 348 g/mol. The summed E-state index contributed by atoms with van der Waals surface area (Å²) in [5.41, 5.74) is 1.13. The van der Waals surface area contributed by atoms with Gasteiger partial charge in [-0.15, -0.1) is 11.3 Å². The van der Waals surface area contributed by atoms with Crippen molar-refractivity contribution in [1.29, 1.82) is 0 Å². The summed E-state index contributed by atoms with van der Waals surface area (Å²) in [4.78, 5) is 13.4. The Morgan fingerprint density at radius 3 is 2.81 bits per heavy atom. The highest BCUT2D eigenvalue weighted by Gasteiger charge is 2.32. The summed E-state index contributed by atoms with van der Waals surface area (Å²) in [6.45, 7) is 5.91. The van der Waals surface area contributed by atoms with E-state index in [1.807, 2.05) is 11.3 Å². The Morgan fingerprint density at radius 2 is 2.12 bits per heavy atom. The van der Waals surface area contributed by atoms with E-state index < -0.39 is 0 Å².